The number of Topliss-reactive ketones (excluding diaryl/α,β-unsaturated/α-hetero) is 1. The second kappa shape index (κ2) is 4.26. The monoisotopic (exact) mass is 248 g/mol. The minimum atomic E-state index is -0.540. The van der Waals surface area contributed by atoms with Crippen LogP contribution < -0.4 is 0 Å². The number of esters is 1. The van der Waals surface area contributed by atoms with Gasteiger partial charge < -0.3 is 9.15 Å². The Morgan fingerprint density at radius 1 is 1.17 bits per heavy atom. The lowest BCUT2D eigenvalue weighted by atomic mass is 10.0. The zero-order valence-electron chi connectivity index (χ0n) is 10.3. The van der Waals surface area contributed by atoms with Crippen molar-refractivity contribution in [2.75, 3.05) is 7.11 Å². The molecular weight excluding hydrogens is 232 g/mol. The maximum Gasteiger partial charge on any atom is 0.373 e. The van der Waals surface area contributed by atoms with Gasteiger partial charge in [-0.25, -0.2) is 4.79 Å². The van der Waals surface area contributed by atoms with Gasteiger partial charge in [-0.2, -0.15) is 0 Å². The quantitative estimate of drug-likeness (QED) is 0.609. The molecule has 0 saturated heterocycles. The van der Waals surface area contributed by atoms with Gasteiger partial charge >= 0.3 is 5.97 Å². The summed E-state index contributed by atoms with van der Waals surface area (Å²) in [6.07, 6.45) is 4.78. The summed E-state index contributed by atoms with van der Waals surface area (Å²) in [6.45, 7) is 0. The van der Waals surface area contributed by atoms with Gasteiger partial charge in [-0.05, 0) is 36.8 Å². The standard InChI is InChI=1S/C14H16O4/c1-17-14(16)11-7-6-10(18-11)13(15)12-8-4-2-3-5-9(8)12/h6-9,12H,2-5H2,1H3. The van der Waals surface area contributed by atoms with Crippen molar-refractivity contribution < 1.29 is 18.7 Å². The Kier molecular flexibility index (Phi) is 2.73. The fourth-order valence-corrected chi connectivity index (χ4v) is 3.23. The molecule has 2 aliphatic rings. The molecule has 0 aromatic carbocycles. The summed E-state index contributed by atoms with van der Waals surface area (Å²) < 4.78 is 9.84. The summed E-state index contributed by atoms with van der Waals surface area (Å²) in [6, 6.07) is 3.09. The number of fused-ring (bicyclic) bond motifs is 1. The minimum Gasteiger partial charge on any atom is -0.463 e. The van der Waals surface area contributed by atoms with Gasteiger partial charge in [0.2, 0.25) is 11.5 Å². The Morgan fingerprint density at radius 3 is 2.39 bits per heavy atom. The first kappa shape index (κ1) is 11.5. The van der Waals surface area contributed by atoms with E-state index in [1.165, 1.54) is 26.0 Å². The lowest BCUT2D eigenvalue weighted by Crippen LogP contribution is -2.03. The van der Waals surface area contributed by atoms with Crippen molar-refractivity contribution in [1.82, 2.24) is 0 Å². The van der Waals surface area contributed by atoms with Gasteiger partial charge in [-0.3, -0.25) is 4.79 Å². The second-order valence-electron chi connectivity index (χ2n) is 5.16. The van der Waals surface area contributed by atoms with Gasteiger partial charge in [-0.15, -0.1) is 0 Å². The lowest BCUT2D eigenvalue weighted by molar-refractivity contribution is 0.0562. The number of ether oxygens (including phenoxy) is 1. The van der Waals surface area contributed by atoms with Crippen LogP contribution in [0.4, 0.5) is 0 Å². The Morgan fingerprint density at radius 2 is 1.78 bits per heavy atom. The maximum absolute atomic E-state index is 12.3. The summed E-state index contributed by atoms with van der Waals surface area (Å²) in [5.74, 6) is 1.16. The molecule has 2 atom stereocenters. The summed E-state index contributed by atoms with van der Waals surface area (Å²) in [5, 5.41) is 0. The molecule has 96 valence electrons. The number of carbonyl (C=O) groups excluding carboxylic acids is 2. The molecule has 4 nitrogen and oxygen atoms in total. The van der Waals surface area contributed by atoms with Crippen molar-refractivity contribution in [3.8, 4) is 0 Å². The van der Waals surface area contributed by atoms with Crippen molar-refractivity contribution in [1.29, 1.82) is 0 Å². The van der Waals surface area contributed by atoms with Crippen molar-refractivity contribution in [3.63, 3.8) is 0 Å². The third-order valence-corrected chi connectivity index (χ3v) is 4.19. The fraction of sp³-hybridized carbons (Fsp3) is 0.571. The summed E-state index contributed by atoms with van der Waals surface area (Å²) in [7, 11) is 1.29. The molecular formula is C14H16O4. The molecule has 1 heterocycles. The number of ketones is 1. The Balaban J connectivity index is 1.73. The zero-order chi connectivity index (χ0) is 12.7. The van der Waals surface area contributed by atoms with E-state index < -0.39 is 5.97 Å². The molecule has 2 fully saturated rings. The maximum atomic E-state index is 12.3. The molecule has 3 rings (SSSR count). The summed E-state index contributed by atoms with van der Waals surface area (Å²) in [4.78, 5) is 23.5. The van der Waals surface area contributed by atoms with Crippen molar-refractivity contribution in [2.24, 2.45) is 17.8 Å². The van der Waals surface area contributed by atoms with Gasteiger partial charge in [0.05, 0.1) is 7.11 Å². The minimum absolute atomic E-state index is 0.0575. The molecule has 4 heteroatoms. The van der Waals surface area contributed by atoms with Crippen LogP contribution in [0.3, 0.4) is 0 Å². The number of carbonyl (C=O) groups is 2. The van der Waals surface area contributed by atoms with Crippen LogP contribution in [0.2, 0.25) is 0 Å². The Labute approximate surface area is 105 Å². The van der Waals surface area contributed by atoms with Gasteiger partial charge in [0.25, 0.3) is 0 Å². The van der Waals surface area contributed by atoms with E-state index in [9.17, 15) is 9.59 Å². The smallest absolute Gasteiger partial charge is 0.373 e. The van der Waals surface area contributed by atoms with Crippen LogP contribution in [0.5, 0.6) is 0 Å². The van der Waals surface area contributed by atoms with Crippen LogP contribution in [-0.2, 0) is 4.74 Å². The highest BCUT2D eigenvalue weighted by molar-refractivity contribution is 5.99. The largest absolute Gasteiger partial charge is 0.463 e. The molecule has 0 amide bonds. The molecule has 2 saturated carbocycles. The summed E-state index contributed by atoms with van der Waals surface area (Å²) in [5.41, 5.74) is 0. The van der Waals surface area contributed by atoms with E-state index in [1.54, 1.807) is 6.07 Å². The van der Waals surface area contributed by atoms with Gasteiger partial charge in [0, 0.05) is 5.92 Å². The number of hydrogen-bond donors (Lipinski definition) is 0. The van der Waals surface area contributed by atoms with Crippen LogP contribution in [0, 0.1) is 17.8 Å². The number of furan rings is 1. The third kappa shape index (κ3) is 1.76. The summed E-state index contributed by atoms with van der Waals surface area (Å²) >= 11 is 0. The zero-order valence-corrected chi connectivity index (χ0v) is 10.3. The molecule has 0 spiro atoms. The highest BCUT2D eigenvalue weighted by Gasteiger charge is 2.55. The molecule has 2 unspecified atom stereocenters. The molecule has 2 aliphatic carbocycles. The topological polar surface area (TPSA) is 56.5 Å². The molecule has 0 bridgehead atoms. The molecule has 18 heavy (non-hydrogen) atoms. The van der Waals surface area contributed by atoms with Crippen LogP contribution >= 0.6 is 0 Å². The molecule has 1 aromatic heterocycles. The van der Waals surface area contributed by atoms with Crippen LogP contribution in [0.1, 0.15) is 46.8 Å². The van der Waals surface area contributed by atoms with Crippen LogP contribution in [0.25, 0.3) is 0 Å². The van der Waals surface area contributed by atoms with Gasteiger partial charge in [-0.1, -0.05) is 12.8 Å². The highest BCUT2D eigenvalue weighted by atomic mass is 16.5. The highest BCUT2D eigenvalue weighted by Crippen LogP contribution is 2.56. The predicted molar refractivity (Wildman–Crippen MR) is 63.3 cm³/mol. The average Bonchev–Trinajstić information content (AvgIpc) is 2.92. The van der Waals surface area contributed by atoms with Crippen molar-refractivity contribution in [2.45, 2.75) is 25.7 Å². The van der Waals surface area contributed by atoms with Crippen molar-refractivity contribution >= 4 is 11.8 Å². The van der Waals surface area contributed by atoms with E-state index in [0.717, 1.165) is 12.8 Å². The first-order valence-electron chi connectivity index (χ1n) is 6.44. The van der Waals surface area contributed by atoms with E-state index in [0.29, 0.717) is 17.6 Å². The number of hydrogen-bond acceptors (Lipinski definition) is 4. The first-order chi connectivity index (χ1) is 8.72. The van der Waals surface area contributed by atoms with Gasteiger partial charge in [0.1, 0.15) is 0 Å². The number of rotatable bonds is 3. The fourth-order valence-electron chi connectivity index (χ4n) is 3.23. The number of methoxy groups -OCH3 is 1. The second-order valence-corrected chi connectivity index (χ2v) is 5.16. The van der Waals surface area contributed by atoms with E-state index in [4.69, 9.17) is 4.42 Å². The van der Waals surface area contributed by atoms with E-state index in [2.05, 4.69) is 4.74 Å². The van der Waals surface area contributed by atoms with Crippen LogP contribution in [0.15, 0.2) is 16.5 Å². The van der Waals surface area contributed by atoms with E-state index >= 15 is 0 Å². The van der Waals surface area contributed by atoms with Crippen molar-refractivity contribution in [3.05, 3.63) is 23.7 Å². The van der Waals surface area contributed by atoms with E-state index in [-0.39, 0.29) is 17.5 Å². The Hall–Kier alpha value is -1.58. The first-order valence-corrected chi connectivity index (χ1v) is 6.44. The molecule has 0 N–H and O–H groups in total. The molecule has 1 aromatic rings. The Bertz CT molecular complexity index is 476. The lowest BCUT2D eigenvalue weighted by Gasteiger charge is -2.04. The van der Waals surface area contributed by atoms with Gasteiger partial charge in [0.15, 0.2) is 5.76 Å². The normalized spacial score (nSPS) is 29.5. The van der Waals surface area contributed by atoms with E-state index in [1.807, 2.05) is 0 Å². The third-order valence-electron chi connectivity index (χ3n) is 4.19. The molecule has 0 radical (unpaired) electrons. The molecule has 0 aliphatic heterocycles. The SMILES string of the molecule is COC(=O)c1ccc(C(=O)C2C3CCCCC32)o1. The van der Waals surface area contributed by atoms with Crippen LogP contribution in [-0.4, -0.2) is 18.9 Å². The average molecular weight is 248 g/mol. The predicted octanol–water partition coefficient (Wildman–Crippen LogP) is 2.69.